The number of aromatic nitrogens is 1. The van der Waals surface area contributed by atoms with Crippen molar-refractivity contribution in [3.63, 3.8) is 0 Å². The van der Waals surface area contributed by atoms with Gasteiger partial charge in [0.05, 0.1) is 10.6 Å². The number of nitrogens with one attached hydrogen (secondary N) is 2. The van der Waals surface area contributed by atoms with Gasteiger partial charge in [-0.25, -0.2) is 13.1 Å². The van der Waals surface area contributed by atoms with E-state index in [1.165, 1.54) is 0 Å². The standard InChI is InChI=1S/C26H32N4O2S/c1-3-30(4-2)19-9-18-28-33(31,32)26-14-8-13-25(21-26)29-24-12-7-10-22(20-24)15-16-23-11-5-6-17-27-23/h5-8,10-17,20-21,28-29H,3-4,9,18-19H2,1-2H3. The predicted octanol–water partition coefficient (Wildman–Crippen LogP) is 5.01. The van der Waals surface area contributed by atoms with E-state index in [1.54, 1.807) is 24.4 Å². The van der Waals surface area contributed by atoms with Crippen LogP contribution >= 0.6 is 0 Å². The molecule has 0 aliphatic rings. The van der Waals surface area contributed by atoms with Gasteiger partial charge in [0.15, 0.2) is 0 Å². The molecule has 0 radical (unpaired) electrons. The zero-order valence-corrected chi connectivity index (χ0v) is 20.1. The molecule has 0 saturated carbocycles. The van der Waals surface area contributed by atoms with Crippen LogP contribution in [0.3, 0.4) is 0 Å². The van der Waals surface area contributed by atoms with Crippen molar-refractivity contribution in [2.45, 2.75) is 25.2 Å². The van der Waals surface area contributed by atoms with Crippen LogP contribution in [0.5, 0.6) is 0 Å². The molecular weight excluding hydrogens is 432 g/mol. The van der Waals surface area contributed by atoms with Crippen molar-refractivity contribution in [1.82, 2.24) is 14.6 Å². The summed E-state index contributed by atoms with van der Waals surface area (Å²) >= 11 is 0. The normalized spacial score (nSPS) is 11.8. The number of hydrogen-bond donors (Lipinski definition) is 2. The van der Waals surface area contributed by atoms with Crippen molar-refractivity contribution in [2.24, 2.45) is 0 Å². The van der Waals surface area contributed by atoms with Crippen molar-refractivity contribution >= 4 is 33.6 Å². The summed E-state index contributed by atoms with van der Waals surface area (Å²) in [6, 6.07) is 20.6. The predicted molar refractivity (Wildman–Crippen MR) is 137 cm³/mol. The summed E-state index contributed by atoms with van der Waals surface area (Å²) in [6.45, 7) is 7.45. The maximum Gasteiger partial charge on any atom is 0.240 e. The largest absolute Gasteiger partial charge is 0.355 e. The molecule has 2 aromatic carbocycles. The SMILES string of the molecule is CCN(CC)CCCNS(=O)(=O)c1cccc(Nc2cccc(C=Cc3ccccn3)c2)c1. The molecule has 0 unspecified atom stereocenters. The highest BCUT2D eigenvalue weighted by Crippen LogP contribution is 2.21. The molecule has 3 aromatic rings. The topological polar surface area (TPSA) is 74.3 Å². The van der Waals surface area contributed by atoms with E-state index in [-0.39, 0.29) is 4.90 Å². The third-order valence-corrected chi connectivity index (χ3v) is 6.75. The van der Waals surface area contributed by atoms with E-state index in [2.05, 4.69) is 33.8 Å². The minimum Gasteiger partial charge on any atom is -0.355 e. The molecule has 6 nitrogen and oxygen atoms in total. The highest BCUT2D eigenvalue weighted by Gasteiger charge is 2.14. The lowest BCUT2D eigenvalue weighted by atomic mass is 10.1. The van der Waals surface area contributed by atoms with Crippen molar-refractivity contribution in [1.29, 1.82) is 0 Å². The minimum absolute atomic E-state index is 0.251. The second-order valence-electron chi connectivity index (χ2n) is 7.64. The molecule has 0 saturated heterocycles. The summed E-state index contributed by atoms with van der Waals surface area (Å²) in [5, 5.41) is 3.30. The van der Waals surface area contributed by atoms with Gasteiger partial charge in [-0.15, -0.1) is 0 Å². The summed E-state index contributed by atoms with van der Waals surface area (Å²) in [7, 11) is -3.56. The Kier molecular flexibility index (Phi) is 9.18. The fourth-order valence-corrected chi connectivity index (χ4v) is 4.54. The van der Waals surface area contributed by atoms with Crippen LogP contribution < -0.4 is 10.0 Å². The Labute approximate surface area is 197 Å². The molecular formula is C26H32N4O2S. The van der Waals surface area contributed by atoms with Gasteiger partial charge in [0.25, 0.3) is 0 Å². The first-order chi connectivity index (χ1) is 16.0. The summed E-state index contributed by atoms with van der Waals surface area (Å²) in [6.07, 6.45) is 6.49. The lowest BCUT2D eigenvalue weighted by molar-refractivity contribution is 0.300. The smallest absolute Gasteiger partial charge is 0.240 e. The van der Waals surface area contributed by atoms with E-state index in [0.717, 1.165) is 43.0 Å². The highest BCUT2D eigenvalue weighted by atomic mass is 32.2. The summed E-state index contributed by atoms with van der Waals surface area (Å²) in [4.78, 5) is 6.82. The minimum atomic E-state index is -3.56. The van der Waals surface area contributed by atoms with E-state index < -0.39 is 10.0 Å². The van der Waals surface area contributed by atoms with E-state index in [9.17, 15) is 8.42 Å². The van der Waals surface area contributed by atoms with Gasteiger partial charge in [0, 0.05) is 24.1 Å². The second-order valence-corrected chi connectivity index (χ2v) is 9.41. The Morgan fingerprint density at radius 2 is 1.67 bits per heavy atom. The number of hydrogen-bond acceptors (Lipinski definition) is 5. The maximum absolute atomic E-state index is 12.7. The molecule has 1 aromatic heterocycles. The lowest BCUT2D eigenvalue weighted by Crippen LogP contribution is -2.30. The van der Waals surface area contributed by atoms with E-state index >= 15 is 0 Å². The molecule has 3 rings (SSSR count). The molecule has 33 heavy (non-hydrogen) atoms. The fraction of sp³-hybridized carbons (Fsp3) is 0.269. The number of anilines is 2. The Morgan fingerprint density at radius 3 is 2.39 bits per heavy atom. The van der Waals surface area contributed by atoms with Crippen LogP contribution in [0.15, 0.2) is 77.8 Å². The summed E-state index contributed by atoms with van der Waals surface area (Å²) < 4.78 is 28.2. The Morgan fingerprint density at radius 1 is 0.909 bits per heavy atom. The van der Waals surface area contributed by atoms with Gasteiger partial charge in [0.1, 0.15) is 0 Å². The Balaban J connectivity index is 1.63. The van der Waals surface area contributed by atoms with Crippen molar-refractivity contribution in [3.05, 3.63) is 84.2 Å². The number of nitrogens with zero attached hydrogens (tertiary/aromatic N) is 2. The van der Waals surface area contributed by atoms with Gasteiger partial charge in [0.2, 0.25) is 10.0 Å². The van der Waals surface area contributed by atoms with Crippen molar-refractivity contribution in [3.8, 4) is 0 Å². The molecule has 0 spiro atoms. The molecule has 0 amide bonds. The van der Waals surface area contributed by atoms with E-state index in [4.69, 9.17) is 0 Å². The molecule has 0 aliphatic carbocycles. The monoisotopic (exact) mass is 464 g/mol. The van der Waals surface area contributed by atoms with Crippen LogP contribution in [-0.2, 0) is 10.0 Å². The van der Waals surface area contributed by atoms with Gasteiger partial charge < -0.3 is 10.2 Å². The molecule has 174 valence electrons. The van der Waals surface area contributed by atoms with Crippen LogP contribution in [0.4, 0.5) is 11.4 Å². The fourth-order valence-electron chi connectivity index (χ4n) is 3.42. The average Bonchev–Trinajstić information content (AvgIpc) is 2.84. The summed E-state index contributed by atoms with van der Waals surface area (Å²) in [5.41, 5.74) is 3.49. The van der Waals surface area contributed by atoms with Crippen LogP contribution in [-0.4, -0.2) is 44.5 Å². The van der Waals surface area contributed by atoms with Gasteiger partial charge in [-0.2, -0.15) is 0 Å². The Hall–Kier alpha value is -3.00. The van der Waals surface area contributed by atoms with Crippen LogP contribution in [0.1, 0.15) is 31.5 Å². The number of pyridine rings is 1. The van der Waals surface area contributed by atoms with Gasteiger partial charge >= 0.3 is 0 Å². The number of sulfonamides is 1. The Bertz CT molecular complexity index is 1140. The quantitative estimate of drug-likeness (QED) is 0.369. The van der Waals surface area contributed by atoms with Gasteiger partial charge in [-0.05, 0) is 80.2 Å². The van der Waals surface area contributed by atoms with Crippen LogP contribution in [0.25, 0.3) is 12.2 Å². The first-order valence-electron chi connectivity index (χ1n) is 11.3. The lowest BCUT2D eigenvalue weighted by Gasteiger charge is -2.17. The second kappa shape index (κ2) is 12.3. The van der Waals surface area contributed by atoms with Crippen molar-refractivity contribution in [2.75, 3.05) is 31.5 Å². The molecule has 0 aliphatic heterocycles. The third-order valence-electron chi connectivity index (χ3n) is 5.29. The zero-order valence-electron chi connectivity index (χ0n) is 19.2. The highest BCUT2D eigenvalue weighted by molar-refractivity contribution is 7.89. The summed E-state index contributed by atoms with van der Waals surface area (Å²) in [5.74, 6) is 0. The van der Waals surface area contributed by atoms with E-state index in [1.807, 2.05) is 60.7 Å². The van der Waals surface area contributed by atoms with Crippen LogP contribution in [0.2, 0.25) is 0 Å². The molecule has 0 bridgehead atoms. The van der Waals surface area contributed by atoms with Crippen LogP contribution in [0, 0.1) is 0 Å². The van der Waals surface area contributed by atoms with Gasteiger partial charge in [-0.3, -0.25) is 4.98 Å². The van der Waals surface area contributed by atoms with Crippen molar-refractivity contribution < 1.29 is 8.42 Å². The molecule has 0 fully saturated rings. The number of rotatable bonds is 12. The molecule has 1 heterocycles. The number of benzene rings is 2. The molecule has 7 heteroatoms. The third kappa shape index (κ3) is 7.82. The van der Waals surface area contributed by atoms with Gasteiger partial charge in [-0.1, -0.05) is 44.2 Å². The molecule has 0 atom stereocenters. The first-order valence-corrected chi connectivity index (χ1v) is 12.8. The molecule has 2 N–H and O–H groups in total. The first kappa shape index (κ1) is 24.6. The average molecular weight is 465 g/mol. The zero-order chi connectivity index (χ0) is 23.5. The van der Waals surface area contributed by atoms with E-state index in [0.29, 0.717) is 12.2 Å². The maximum atomic E-state index is 12.7.